The standard InChI is InChI=1S/C12H12O/c1-2-12(13,11-8-9-11)10-6-4-3-5-7-10/h1,3-7,11,13H,8-9H2. The maximum Gasteiger partial charge on any atom is 0.153 e. The molecule has 0 radical (unpaired) electrons. The van der Waals surface area contributed by atoms with Crippen LogP contribution in [0.1, 0.15) is 18.4 Å². The van der Waals surface area contributed by atoms with Crippen LogP contribution in [0.15, 0.2) is 30.3 Å². The lowest BCUT2D eigenvalue weighted by Gasteiger charge is -2.21. The lowest BCUT2D eigenvalue weighted by molar-refractivity contribution is 0.0759. The highest BCUT2D eigenvalue weighted by molar-refractivity contribution is 5.33. The first-order chi connectivity index (χ1) is 6.27. The third-order valence-corrected chi connectivity index (χ3v) is 2.60. The van der Waals surface area contributed by atoms with Crippen molar-refractivity contribution in [3.8, 4) is 12.3 Å². The Morgan fingerprint density at radius 1 is 1.31 bits per heavy atom. The first-order valence-electron chi connectivity index (χ1n) is 4.53. The van der Waals surface area contributed by atoms with Gasteiger partial charge in [-0.1, -0.05) is 36.3 Å². The van der Waals surface area contributed by atoms with Gasteiger partial charge in [-0.3, -0.25) is 0 Å². The molecule has 13 heavy (non-hydrogen) atoms. The highest BCUT2D eigenvalue weighted by atomic mass is 16.3. The van der Waals surface area contributed by atoms with Crippen LogP contribution in [0.2, 0.25) is 0 Å². The summed E-state index contributed by atoms with van der Waals surface area (Å²) < 4.78 is 0. The van der Waals surface area contributed by atoms with Crippen LogP contribution >= 0.6 is 0 Å². The molecule has 1 aromatic rings. The van der Waals surface area contributed by atoms with Gasteiger partial charge in [0.15, 0.2) is 5.60 Å². The number of aliphatic hydroxyl groups is 1. The first kappa shape index (κ1) is 8.34. The van der Waals surface area contributed by atoms with Crippen molar-refractivity contribution in [2.45, 2.75) is 18.4 Å². The van der Waals surface area contributed by atoms with Gasteiger partial charge in [-0.25, -0.2) is 0 Å². The molecular formula is C12H12O. The second-order valence-corrected chi connectivity index (χ2v) is 3.55. The van der Waals surface area contributed by atoms with E-state index in [0.717, 1.165) is 18.4 Å². The molecule has 0 saturated heterocycles. The molecule has 0 bridgehead atoms. The van der Waals surface area contributed by atoms with Crippen LogP contribution in [-0.4, -0.2) is 5.11 Å². The highest BCUT2D eigenvalue weighted by Crippen LogP contribution is 2.45. The molecule has 0 heterocycles. The van der Waals surface area contributed by atoms with Gasteiger partial charge in [-0.2, -0.15) is 0 Å². The van der Waals surface area contributed by atoms with Crippen molar-refractivity contribution in [3.05, 3.63) is 35.9 Å². The number of hydrogen-bond donors (Lipinski definition) is 1. The monoisotopic (exact) mass is 172 g/mol. The van der Waals surface area contributed by atoms with E-state index in [1.807, 2.05) is 30.3 Å². The molecule has 2 rings (SSSR count). The average molecular weight is 172 g/mol. The predicted molar refractivity (Wildman–Crippen MR) is 51.9 cm³/mol. The fourth-order valence-corrected chi connectivity index (χ4v) is 1.63. The van der Waals surface area contributed by atoms with Crippen LogP contribution in [0.3, 0.4) is 0 Å². The molecule has 66 valence electrons. The smallest absolute Gasteiger partial charge is 0.153 e. The van der Waals surface area contributed by atoms with Gasteiger partial charge in [0.25, 0.3) is 0 Å². The zero-order valence-electron chi connectivity index (χ0n) is 7.40. The van der Waals surface area contributed by atoms with E-state index in [1.165, 1.54) is 0 Å². The first-order valence-corrected chi connectivity index (χ1v) is 4.53. The largest absolute Gasteiger partial charge is 0.373 e. The Hall–Kier alpha value is -1.26. The van der Waals surface area contributed by atoms with Gasteiger partial charge < -0.3 is 5.11 Å². The fraction of sp³-hybridized carbons (Fsp3) is 0.333. The minimum absolute atomic E-state index is 0.264. The van der Waals surface area contributed by atoms with E-state index < -0.39 is 5.60 Å². The summed E-state index contributed by atoms with van der Waals surface area (Å²) in [6.45, 7) is 0. The van der Waals surface area contributed by atoms with Crippen molar-refractivity contribution in [1.82, 2.24) is 0 Å². The van der Waals surface area contributed by atoms with Gasteiger partial charge in [0, 0.05) is 5.92 Å². The van der Waals surface area contributed by atoms with Crippen LogP contribution in [0, 0.1) is 18.3 Å². The summed E-state index contributed by atoms with van der Waals surface area (Å²) in [4.78, 5) is 0. The van der Waals surface area contributed by atoms with Crippen molar-refractivity contribution in [2.24, 2.45) is 5.92 Å². The third kappa shape index (κ3) is 1.34. The quantitative estimate of drug-likeness (QED) is 0.676. The molecule has 1 aliphatic carbocycles. The van der Waals surface area contributed by atoms with E-state index in [0.29, 0.717) is 0 Å². The van der Waals surface area contributed by atoms with Crippen LogP contribution in [-0.2, 0) is 5.60 Å². The highest BCUT2D eigenvalue weighted by Gasteiger charge is 2.43. The molecule has 0 spiro atoms. The number of hydrogen-bond acceptors (Lipinski definition) is 1. The molecule has 0 amide bonds. The molecule has 1 fully saturated rings. The molecular weight excluding hydrogens is 160 g/mol. The predicted octanol–water partition coefficient (Wildman–Crippen LogP) is 1.92. The number of rotatable bonds is 2. The van der Waals surface area contributed by atoms with E-state index in [4.69, 9.17) is 6.42 Å². The number of terminal acetylenes is 1. The zero-order valence-corrected chi connectivity index (χ0v) is 7.40. The SMILES string of the molecule is C#CC(O)(c1ccccc1)C1CC1. The third-order valence-electron chi connectivity index (χ3n) is 2.60. The minimum Gasteiger partial charge on any atom is -0.373 e. The summed E-state index contributed by atoms with van der Waals surface area (Å²) in [5, 5.41) is 10.2. The molecule has 0 aromatic heterocycles. The van der Waals surface area contributed by atoms with E-state index >= 15 is 0 Å². The maximum atomic E-state index is 10.2. The molecule has 0 aliphatic heterocycles. The molecule has 1 heteroatoms. The lowest BCUT2D eigenvalue weighted by atomic mass is 9.90. The lowest BCUT2D eigenvalue weighted by Crippen LogP contribution is -2.25. The Balaban J connectivity index is 2.38. The summed E-state index contributed by atoms with van der Waals surface area (Å²) >= 11 is 0. The Morgan fingerprint density at radius 2 is 1.92 bits per heavy atom. The van der Waals surface area contributed by atoms with Crippen LogP contribution in [0.4, 0.5) is 0 Å². The van der Waals surface area contributed by atoms with Crippen LogP contribution in [0.5, 0.6) is 0 Å². The maximum absolute atomic E-state index is 10.2. The molecule has 1 aliphatic rings. The van der Waals surface area contributed by atoms with Gasteiger partial charge >= 0.3 is 0 Å². The zero-order chi connectivity index (χ0) is 9.31. The summed E-state index contributed by atoms with van der Waals surface area (Å²) in [5.74, 6) is 2.78. The number of benzene rings is 1. The van der Waals surface area contributed by atoms with Crippen LogP contribution in [0.25, 0.3) is 0 Å². The molecule has 1 aromatic carbocycles. The Morgan fingerprint density at radius 3 is 2.38 bits per heavy atom. The molecule has 1 saturated carbocycles. The molecule has 1 nitrogen and oxygen atoms in total. The fourth-order valence-electron chi connectivity index (χ4n) is 1.63. The van der Waals surface area contributed by atoms with E-state index in [1.54, 1.807) is 0 Å². The van der Waals surface area contributed by atoms with Crippen molar-refractivity contribution < 1.29 is 5.11 Å². The summed E-state index contributed by atoms with van der Waals surface area (Å²) in [7, 11) is 0. The Labute approximate surface area is 78.4 Å². The van der Waals surface area contributed by atoms with Crippen molar-refractivity contribution in [3.63, 3.8) is 0 Å². The van der Waals surface area contributed by atoms with Gasteiger partial charge in [-0.05, 0) is 18.4 Å². The van der Waals surface area contributed by atoms with Crippen molar-refractivity contribution in [1.29, 1.82) is 0 Å². The van der Waals surface area contributed by atoms with E-state index in [9.17, 15) is 5.11 Å². The summed E-state index contributed by atoms with van der Waals surface area (Å²) in [5.41, 5.74) is -0.179. The van der Waals surface area contributed by atoms with E-state index in [-0.39, 0.29) is 5.92 Å². The second kappa shape index (κ2) is 2.90. The van der Waals surface area contributed by atoms with Crippen molar-refractivity contribution in [2.75, 3.05) is 0 Å². The summed E-state index contributed by atoms with van der Waals surface area (Å²) in [6, 6.07) is 9.50. The molecule has 1 N–H and O–H groups in total. The van der Waals surface area contributed by atoms with Gasteiger partial charge in [0.05, 0.1) is 0 Å². The Bertz CT molecular complexity index is 332. The van der Waals surface area contributed by atoms with Gasteiger partial charge in [-0.15, -0.1) is 6.42 Å². The van der Waals surface area contributed by atoms with Crippen LogP contribution < -0.4 is 0 Å². The minimum atomic E-state index is -1.03. The average Bonchev–Trinajstić information content (AvgIpc) is 3.02. The second-order valence-electron chi connectivity index (χ2n) is 3.55. The summed E-state index contributed by atoms with van der Waals surface area (Å²) in [6.07, 6.45) is 7.45. The molecule has 1 atom stereocenters. The van der Waals surface area contributed by atoms with Gasteiger partial charge in [0.1, 0.15) is 0 Å². The Kier molecular flexibility index (Phi) is 1.86. The van der Waals surface area contributed by atoms with Gasteiger partial charge in [0.2, 0.25) is 0 Å². The van der Waals surface area contributed by atoms with Crippen molar-refractivity contribution >= 4 is 0 Å². The topological polar surface area (TPSA) is 20.2 Å². The molecule has 1 unspecified atom stereocenters. The van der Waals surface area contributed by atoms with E-state index in [2.05, 4.69) is 5.92 Å². The normalized spacial score (nSPS) is 20.3.